The van der Waals surface area contributed by atoms with Crippen molar-refractivity contribution in [1.29, 1.82) is 0 Å². The number of hydrogen-bond donors (Lipinski definition) is 1. The van der Waals surface area contributed by atoms with E-state index in [1.807, 2.05) is 4.79 Å². The maximum absolute atomic E-state index is 4.33. The molecule has 2 aromatic heterocycles. The Balaban J connectivity index is 2.02. The van der Waals surface area contributed by atoms with Crippen LogP contribution in [-0.4, -0.2) is 46.0 Å². The molecule has 0 atom stereocenters. The highest BCUT2D eigenvalue weighted by Crippen LogP contribution is 2.08. The molecule has 15 heavy (non-hydrogen) atoms. The van der Waals surface area contributed by atoms with Gasteiger partial charge in [-0.1, -0.05) is 0 Å². The van der Waals surface area contributed by atoms with E-state index in [-0.39, 0.29) is 0 Å². The summed E-state index contributed by atoms with van der Waals surface area (Å²) in [4.78, 5) is 10.1. The number of nitrogens with one attached hydrogen (secondary N) is 1. The van der Waals surface area contributed by atoms with Gasteiger partial charge in [-0.05, 0) is 0 Å². The van der Waals surface area contributed by atoms with E-state index in [1.54, 1.807) is 18.7 Å². The predicted molar refractivity (Wildman–Crippen MR) is 56.1 cm³/mol. The van der Waals surface area contributed by atoms with Gasteiger partial charge >= 0.3 is 0 Å². The number of hydrogen-bond acceptors (Lipinski definition) is 5. The molecule has 0 aromatic carbocycles. The lowest BCUT2D eigenvalue weighted by atomic mass is 10.4. The second-order valence-electron chi connectivity index (χ2n) is 3.54. The van der Waals surface area contributed by atoms with Crippen LogP contribution in [0.4, 0.5) is 0 Å². The van der Waals surface area contributed by atoms with Gasteiger partial charge in [0.05, 0.1) is 11.6 Å². The van der Waals surface area contributed by atoms with E-state index in [0.29, 0.717) is 0 Å². The third kappa shape index (κ3) is 1.42. The van der Waals surface area contributed by atoms with Crippen molar-refractivity contribution < 1.29 is 0 Å². The minimum absolute atomic E-state index is 0.881. The molecule has 3 heterocycles. The number of aromatic nitrogens is 4. The van der Waals surface area contributed by atoms with Crippen molar-refractivity contribution in [1.82, 2.24) is 25.2 Å². The lowest BCUT2D eigenvalue weighted by Gasteiger charge is -2.28. The summed E-state index contributed by atoms with van der Waals surface area (Å²) in [5, 5.41) is 10.8. The van der Waals surface area contributed by atoms with Crippen LogP contribution in [-0.2, 0) is 0 Å². The molecule has 0 aliphatic carbocycles. The van der Waals surface area contributed by atoms with Crippen LogP contribution in [0.5, 0.6) is 0 Å². The molecule has 6 heteroatoms. The third-order valence-corrected chi connectivity index (χ3v) is 2.58. The molecule has 0 amide bonds. The summed E-state index contributed by atoms with van der Waals surface area (Å²) in [5.41, 5.74) is 0.881. The molecule has 2 aromatic rings. The van der Waals surface area contributed by atoms with Crippen molar-refractivity contribution in [3.63, 3.8) is 0 Å². The van der Waals surface area contributed by atoms with Crippen LogP contribution in [0, 0.1) is 0 Å². The summed E-state index contributed by atoms with van der Waals surface area (Å²) in [6.45, 7) is 3.90. The fraction of sp³-hybridized carbons (Fsp3) is 0.444. The van der Waals surface area contributed by atoms with E-state index in [4.69, 9.17) is 0 Å². The van der Waals surface area contributed by atoms with Crippen LogP contribution >= 0.6 is 0 Å². The quantitative estimate of drug-likeness (QED) is 0.670. The Morgan fingerprint density at radius 2 is 2.07 bits per heavy atom. The molecule has 1 fully saturated rings. The van der Waals surface area contributed by atoms with Crippen LogP contribution in [0.25, 0.3) is 11.0 Å². The summed E-state index contributed by atoms with van der Waals surface area (Å²) in [6, 6.07) is 0. The molecular formula is C9H12N6. The topological polar surface area (TPSA) is 58.9 Å². The van der Waals surface area contributed by atoms with E-state index in [0.717, 1.165) is 37.2 Å². The molecule has 3 rings (SSSR count). The number of nitrogens with zero attached hydrogens (tertiary/aromatic N) is 5. The van der Waals surface area contributed by atoms with Gasteiger partial charge in [-0.2, -0.15) is 9.89 Å². The Kier molecular flexibility index (Phi) is 1.99. The molecule has 1 saturated heterocycles. The lowest BCUT2D eigenvalue weighted by Crippen LogP contribution is -2.49. The van der Waals surface area contributed by atoms with Crippen molar-refractivity contribution in [2.75, 3.05) is 31.2 Å². The van der Waals surface area contributed by atoms with Crippen molar-refractivity contribution in [2.24, 2.45) is 0 Å². The molecule has 1 N–H and O–H groups in total. The molecule has 1 aliphatic heterocycles. The first-order valence-electron chi connectivity index (χ1n) is 5.05. The van der Waals surface area contributed by atoms with E-state index in [2.05, 4.69) is 25.4 Å². The Morgan fingerprint density at radius 1 is 1.20 bits per heavy atom. The van der Waals surface area contributed by atoms with Crippen LogP contribution in [0.2, 0.25) is 0 Å². The Morgan fingerprint density at radius 3 is 2.93 bits per heavy atom. The molecule has 0 radical (unpaired) electrons. The predicted octanol–water partition coefficient (Wildman–Crippen LogP) is -0.632. The summed E-state index contributed by atoms with van der Waals surface area (Å²) in [5.74, 6) is 0. The lowest BCUT2D eigenvalue weighted by molar-refractivity contribution is 0.468. The Labute approximate surface area is 86.9 Å². The van der Waals surface area contributed by atoms with E-state index in [9.17, 15) is 0 Å². The normalized spacial score (nSPS) is 17.2. The van der Waals surface area contributed by atoms with Crippen molar-refractivity contribution in [2.45, 2.75) is 0 Å². The summed E-state index contributed by atoms with van der Waals surface area (Å²) in [6.07, 6.45) is 5.15. The van der Waals surface area contributed by atoms with Gasteiger partial charge in [0.15, 0.2) is 5.65 Å². The van der Waals surface area contributed by atoms with Crippen LogP contribution < -0.4 is 10.3 Å². The molecule has 1 aliphatic rings. The van der Waals surface area contributed by atoms with E-state index < -0.39 is 0 Å². The van der Waals surface area contributed by atoms with Gasteiger partial charge in [-0.15, -0.1) is 0 Å². The second-order valence-corrected chi connectivity index (χ2v) is 3.54. The summed E-state index contributed by atoms with van der Waals surface area (Å²) in [7, 11) is 0. The largest absolute Gasteiger partial charge is 0.313 e. The summed E-state index contributed by atoms with van der Waals surface area (Å²) < 4.78 is 0. The zero-order chi connectivity index (χ0) is 10.1. The van der Waals surface area contributed by atoms with Gasteiger partial charge < -0.3 is 5.32 Å². The highest BCUT2D eigenvalue weighted by molar-refractivity contribution is 5.73. The zero-order valence-electron chi connectivity index (χ0n) is 8.30. The average Bonchev–Trinajstić information content (AvgIpc) is 2.74. The van der Waals surface area contributed by atoms with Crippen molar-refractivity contribution in [3.8, 4) is 0 Å². The van der Waals surface area contributed by atoms with Crippen LogP contribution in [0.3, 0.4) is 0 Å². The first-order chi connectivity index (χ1) is 7.45. The van der Waals surface area contributed by atoms with Crippen LogP contribution in [0.1, 0.15) is 0 Å². The molecule has 0 bridgehead atoms. The van der Waals surface area contributed by atoms with E-state index >= 15 is 0 Å². The summed E-state index contributed by atoms with van der Waals surface area (Å²) >= 11 is 0. The number of piperazine rings is 1. The number of fused-ring (bicyclic) bond motifs is 1. The molecule has 0 saturated carbocycles. The average molecular weight is 204 g/mol. The van der Waals surface area contributed by atoms with E-state index in [1.165, 1.54) is 0 Å². The SMILES string of the molecule is c1ncc2cnn(N3CCNCC3)c2n1. The Hall–Kier alpha value is -1.69. The van der Waals surface area contributed by atoms with Gasteiger partial charge in [0.2, 0.25) is 0 Å². The van der Waals surface area contributed by atoms with Gasteiger partial charge in [0.25, 0.3) is 0 Å². The minimum atomic E-state index is 0.881. The number of rotatable bonds is 1. The second kappa shape index (κ2) is 3.47. The molecule has 78 valence electrons. The molecule has 6 nitrogen and oxygen atoms in total. The Bertz CT molecular complexity index is 458. The maximum Gasteiger partial charge on any atom is 0.183 e. The fourth-order valence-electron chi connectivity index (χ4n) is 1.81. The third-order valence-electron chi connectivity index (χ3n) is 2.58. The molecule has 0 unspecified atom stereocenters. The van der Waals surface area contributed by atoms with Crippen molar-refractivity contribution >= 4 is 11.0 Å². The van der Waals surface area contributed by atoms with Gasteiger partial charge in [0.1, 0.15) is 6.33 Å². The minimum Gasteiger partial charge on any atom is -0.313 e. The first-order valence-corrected chi connectivity index (χ1v) is 5.05. The zero-order valence-corrected chi connectivity index (χ0v) is 8.30. The molecule has 0 spiro atoms. The smallest absolute Gasteiger partial charge is 0.183 e. The highest BCUT2D eigenvalue weighted by atomic mass is 15.7. The molecular weight excluding hydrogens is 192 g/mol. The first kappa shape index (κ1) is 8.60. The monoisotopic (exact) mass is 204 g/mol. The maximum atomic E-state index is 4.33. The van der Waals surface area contributed by atoms with Gasteiger partial charge in [-0.25, -0.2) is 9.97 Å². The standard InChI is InChI=1S/C9H12N6/c1-3-14(4-2-10-1)15-9-8(6-13-15)5-11-7-12-9/h5-7,10H,1-4H2. The highest BCUT2D eigenvalue weighted by Gasteiger charge is 2.13. The van der Waals surface area contributed by atoms with Crippen LogP contribution in [0.15, 0.2) is 18.7 Å². The van der Waals surface area contributed by atoms with Gasteiger partial charge in [-0.3, -0.25) is 5.01 Å². The van der Waals surface area contributed by atoms with Crippen molar-refractivity contribution in [3.05, 3.63) is 18.7 Å². The van der Waals surface area contributed by atoms with Gasteiger partial charge in [0, 0.05) is 32.4 Å². The fourth-order valence-corrected chi connectivity index (χ4v) is 1.81.